The van der Waals surface area contributed by atoms with Crippen molar-refractivity contribution in [2.24, 2.45) is 5.41 Å². The number of benzene rings is 1. The van der Waals surface area contributed by atoms with E-state index >= 15 is 0 Å². The Morgan fingerprint density at radius 1 is 1.33 bits per heavy atom. The lowest BCUT2D eigenvalue weighted by Gasteiger charge is -2.19. The van der Waals surface area contributed by atoms with Crippen LogP contribution in [-0.4, -0.2) is 18.3 Å². The van der Waals surface area contributed by atoms with Crippen LogP contribution in [0.2, 0.25) is 0 Å². The Kier molecular flexibility index (Phi) is 2.98. The van der Waals surface area contributed by atoms with Gasteiger partial charge in [-0.25, -0.2) is 0 Å². The van der Waals surface area contributed by atoms with Gasteiger partial charge in [0.25, 0.3) is 0 Å². The number of nitrogens with one attached hydrogen (secondary N) is 1. The summed E-state index contributed by atoms with van der Waals surface area (Å²) in [6.45, 7) is 0.752. The average molecular weight is 263 g/mol. The van der Waals surface area contributed by atoms with E-state index in [-0.39, 0.29) is 5.91 Å². The van der Waals surface area contributed by atoms with Crippen LogP contribution >= 0.6 is 12.6 Å². The van der Waals surface area contributed by atoms with Gasteiger partial charge < -0.3 is 10.1 Å². The Morgan fingerprint density at radius 2 is 2.17 bits per heavy atom. The van der Waals surface area contributed by atoms with Crippen LogP contribution in [0.1, 0.15) is 24.8 Å². The third kappa shape index (κ3) is 2.34. The fraction of sp³-hybridized carbons (Fsp3) is 0.500. The molecule has 2 aliphatic rings. The fourth-order valence-electron chi connectivity index (χ4n) is 2.21. The highest BCUT2D eigenvalue weighted by atomic mass is 32.1. The predicted molar refractivity (Wildman–Crippen MR) is 74.4 cm³/mol. The van der Waals surface area contributed by atoms with E-state index in [4.69, 9.17) is 4.74 Å². The number of rotatable bonds is 4. The van der Waals surface area contributed by atoms with Gasteiger partial charge in [-0.3, -0.25) is 4.79 Å². The van der Waals surface area contributed by atoms with Crippen LogP contribution in [-0.2, 0) is 11.2 Å². The first-order valence-corrected chi connectivity index (χ1v) is 7.00. The molecule has 3 nitrogen and oxygen atoms in total. The molecule has 96 valence electrons. The zero-order valence-electron chi connectivity index (χ0n) is 10.2. The van der Waals surface area contributed by atoms with Gasteiger partial charge in [0.2, 0.25) is 5.91 Å². The van der Waals surface area contributed by atoms with Crippen molar-refractivity contribution in [3.05, 3.63) is 23.8 Å². The molecule has 0 bridgehead atoms. The molecule has 0 unspecified atom stereocenters. The number of aryl methyl sites for hydroxylation is 1. The van der Waals surface area contributed by atoms with Crippen LogP contribution in [0.25, 0.3) is 0 Å². The quantitative estimate of drug-likeness (QED) is 0.820. The van der Waals surface area contributed by atoms with Crippen molar-refractivity contribution < 1.29 is 9.53 Å². The molecule has 0 saturated heterocycles. The van der Waals surface area contributed by atoms with E-state index in [1.807, 2.05) is 18.2 Å². The Morgan fingerprint density at radius 3 is 2.89 bits per heavy atom. The van der Waals surface area contributed by atoms with E-state index in [2.05, 4.69) is 17.9 Å². The van der Waals surface area contributed by atoms with Crippen molar-refractivity contribution in [1.29, 1.82) is 0 Å². The van der Waals surface area contributed by atoms with Gasteiger partial charge in [0.1, 0.15) is 5.75 Å². The predicted octanol–water partition coefficient (Wildman–Crippen LogP) is 2.66. The Bertz CT molecular complexity index is 483. The lowest BCUT2D eigenvalue weighted by atomic mass is 10.0. The molecule has 1 fully saturated rings. The number of carbonyl (C=O) groups excluding carboxylic acids is 1. The maximum Gasteiger partial charge on any atom is 0.224 e. The lowest BCUT2D eigenvalue weighted by molar-refractivity contribution is -0.116. The van der Waals surface area contributed by atoms with Crippen molar-refractivity contribution in [2.45, 2.75) is 25.7 Å². The highest BCUT2D eigenvalue weighted by Gasteiger charge is 2.42. The first-order chi connectivity index (χ1) is 8.71. The molecule has 4 heteroatoms. The van der Waals surface area contributed by atoms with Gasteiger partial charge in [-0.05, 0) is 48.8 Å². The van der Waals surface area contributed by atoms with Crippen LogP contribution in [0.15, 0.2) is 18.2 Å². The molecule has 0 radical (unpaired) electrons. The minimum atomic E-state index is 0.100. The summed E-state index contributed by atoms with van der Waals surface area (Å²) in [6, 6.07) is 5.91. The molecular weight excluding hydrogens is 246 g/mol. The normalized spacial score (nSPS) is 19.9. The standard InChI is InChI=1S/C14H17NO2S/c16-13-4-1-10-7-11(2-3-12(10)15-13)17-8-14(9-18)5-6-14/h2-3,7,18H,1,4-6,8-9H2,(H,15,16). The maximum absolute atomic E-state index is 11.3. The molecule has 0 atom stereocenters. The lowest BCUT2D eigenvalue weighted by Crippen LogP contribution is -2.19. The molecule has 0 spiro atoms. The number of hydrogen-bond donors (Lipinski definition) is 2. The Hall–Kier alpha value is -1.16. The van der Waals surface area contributed by atoms with Gasteiger partial charge in [-0.15, -0.1) is 0 Å². The van der Waals surface area contributed by atoms with E-state index in [0.29, 0.717) is 11.8 Å². The largest absolute Gasteiger partial charge is 0.493 e. The zero-order valence-corrected chi connectivity index (χ0v) is 11.1. The number of fused-ring (bicyclic) bond motifs is 1. The van der Waals surface area contributed by atoms with E-state index < -0.39 is 0 Å². The second kappa shape index (κ2) is 4.50. The highest BCUT2D eigenvalue weighted by Crippen LogP contribution is 2.46. The number of amides is 1. The van der Waals surface area contributed by atoms with Crippen molar-refractivity contribution in [2.75, 3.05) is 17.7 Å². The SMILES string of the molecule is O=C1CCc2cc(OCC3(CS)CC3)ccc2N1. The molecule has 18 heavy (non-hydrogen) atoms. The Balaban J connectivity index is 1.69. The molecule has 1 aromatic rings. The topological polar surface area (TPSA) is 38.3 Å². The number of thiol groups is 1. The Labute approximate surface area is 112 Å². The minimum Gasteiger partial charge on any atom is -0.493 e. The van der Waals surface area contributed by atoms with E-state index in [0.717, 1.165) is 30.2 Å². The van der Waals surface area contributed by atoms with Gasteiger partial charge in [0.15, 0.2) is 0 Å². The molecule has 1 aliphatic heterocycles. The average Bonchev–Trinajstić information content (AvgIpc) is 3.17. The molecule has 1 saturated carbocycles. The summed E-state index contributed by atoms with van der Waals surface area (Å²) in [5.74, 6) is 1.90. The van der Waals surface area contributed by atoms with Gasteiger partial charge in [0, 0.05) is 17.5 Å². The van der Waals surface area contributed by atoms with Gasteiger partial charge >= 0.3 is 0 Å². The monoisotopic (exact) mass is 263 g/mol. The third-order valence-corrected chi connectivity index (χ3v) is 4.48. The first kappa shape index (κ1) is 11.9. The highest BCUT2D eigenvalue weighted by molar-refractivity contribution is 7.80. The summed E-state index contributed by atoms with van der Waals surface area (Å²) >= 11 is 4.37. The summed E-state index contributed by atoms with van der Waals surface area (Å²) in [5.41, 5.74) is 2.41. The molecule has 1 N–H and O–H groups in total. The number of ether oxygens (including phenoxy) is 1. The van der Waals surface area contributed by atoms with Crippen molar-refractivity contribution in [3.8, 4) is 5.75 Å². The zero-order chi connectivity index (χ0) is 12.6. The smallest absolute Gasteiger partial charge is 0.224 e. The molecule has 0 aromatic heterocycles. The summed E-state index contributed by atoms with van der Waals surface area (Å²) in [7, 11) is 0. The second-order valence-corrected chi connectivity index (χ2v) is 5.63. The van der Waals surface area contributed by atoms with Crippen LogP contribution in [0.3, 0.4) is 0 Å². The number of hydrogen-bond acceptors (Lipinski definition) is 3. The van der Waals surface area contributed by atoms with Crippen LogP contribution in [0, 0.1) is 5.41 Å². The molecule has 1 aromatic carbocycles. The molecule has 1 heterocycles. The van der Waals surface area contributed by atoms with Gasteiger partial charge in [-0.2, -0.15) is 12.6 Å². The number of carbonyl (C=O) groups is 1. The van der Waals surface area contributed by atoms with Crippen molar-refractivity contribution in [3.63, 3.8) is 0 Å². The van der Waals surface area contributed by atoms with Crippen molar-refractivity contribution >= 4 is 24.2 Å². The maximum atomic E-state index is 11.3. The van der Waals surface area contributed by atoms with E-state index in [9.17, 15) is 4.79 Å². The first-order valence-electron chi connectivity index (χ1n) is 6.37. The third-order valence-electron chi connectivity index (χ3n) is 3.81. The number of anilines is 1. The van der Waals surface area contributed by atoms with Crippen LogP contribution in [0.5, 0.6) is 5.75 Å². The van der Waals surface area contributed by atoms with Gasteiger partial charge in [-0.1, -0.05) is 0 Å². The summed E-state index contributed by atoms with van der Waals surface area (Å²) in [5, 5.41) is 2.88. The van der Waals surface area contributed by atoms with E-state index in [1.54, 1.807) is 0 Å². The molecule has 1 aliphatic carbocycles. The van der Waals surface area contributed by atoms with Crippen LogP contribution in [0.4, 0.5) is 5.69 Å². The van der Waals surface area contributed by atoms with Gasteiger partial charge in [0.05, 0.1) is 6.61 Å². The van der Waals surface area contributed by atoms with E-state index in [1.165, 1.54) is 18.4 Å². The molecule has 3 rings (SSSR count). The summed E-state index contributed by atoms with van der Waals surface area (Å²) in [6.07, 6.45) is 3.81. The van der Waals surface area contributed by atoms with Crippen molar-refractivity contribution in [1.82, 2.24) is 0 Å². The fourth-order valence-corrected chi connectivity index (χ4v) is 2.62. The molecular formula is C14H17NO2S. The summed E-state index contributed by atoms with van der Waals surface area (Å²) in [4.78, 5) is 11.3. The molecule has 1 amide bonds. The van der Waals surface area contributed by atoms with Crippen LogP contribution < -0.4 is 10.1 Å². The second-order valence-electron chi connectivity index (χ2n) is 5.31. The minimum absolute atomic E-state index is 0.100. The summed E-state index contributed by atoms with van der Waals surface area (Å²) < 4.78 is 5.86.